The zero-order chi connectivity index (χ0) is 15.9. The molecule has 1 rings (SSSR count). The molecule has 2 N–H and O–H groups in total. The quantitative estimate of drug-likeness (QED) is 0.786. The van der Waals surface area contributed by atoms with Gasteiger partial charge < -0.3 is 15.4 Å². The van der Waals surface area contributed by atoms with Crippen molar-refractivity contribution in [1.29, 1.82) is 0 Å². The summed E-state index contributed by atoms with van der Waals surface area (Å²) in [5, 5.41) is 0. The third-order valence-electron chi connectivity index (χ3n) is 4.82. The fourth-order valence-corrected chi connectivity index (χ4v) is 3.25. The number of hydrogen-bond acceptors (Lipinski definition) is 3. The number of piperidine rings is 1. The lowest BCUT2D eigenvalue weighted by molar-refractivity contribution is -0.133. The lowest BCUT2D eigenvalue weighted by Gasteiger charge is -2.34. The van der Waals surface area contributed by atoms with E-state index in [0.717, 1.165) is 45.4 Å². The van der Waals surface area contributed by atoms with E-state index >= 15 is 0 Å². The SMILES string of the molecule is COCC1CCN(C(=O)CCC(CCN)C(C)(C)C)CC1. The Kier molecular flexibility index (Phi) is 7.67. The second kappa shape index (κ2) is 8.74. The predicted molar refractivity (Wildman–Crippen MR) is 87.0 cm³/mol. The zero-order valence-electron chi connectivity index (χ0n) is 14.4. The van der Waals surface area contributed by atoms with Crippen LogP contribution in [0.25, 0.3) is 0 Å². The second-order valence-electron chi connectivity index (χ2n) is 7.46. The van der Waals surface area contributed by atoms with Crippen LogP contribution in [0.15, 0.2) is 0 Å². The molecule has 1 unspecified atom stereocenters. The summed E-state index contributed by atoms with van der Waals surface area (Å²) in [5.41, 5.74) is 5.94. The van der Waals surface area contributed by atoms with Crippen molar-refractivity contribution in [3.8, 4) is 0 Å². The van der Waals surface area contributed by atoms with Gasteiger partial charge in [-0.05, 0) is 49.5 Å². The summed E-state index contributed by atoms with van der Waals surface area (Å²) in [6.45, 7) is 10.0. The van der Waals surface area contributed by atoms with E-state index in [4.69, 9.17) is 10.5 Å². The number of amides is 1. The van der Waals surface area contributed by atoms with E-state index in [1.165, 1.54) is 0 Å². The van der Waals surface area contributed by atoms with E-state index in [1.54, 1.807) is 7.11 Å². The van der Waals surface area contributed by atoms with Crippen molar-refractivity contribution in [2.75, 3.05) is 33.4 Å². The van der Waals surface area contributed by atoms with Gasteiger partial charge in [0.2, 0.25) is 5.91 Å². The average molecular weight is 298 g/mol. The third-order valence-corrected chi connectivity index (χ3v) is 4.82. The molecule has 1 atom stereocenters. The van der Waals surface area contributed by atoms with Crippen LogP contribution < -0.4 is 5.73 Å². The minimum Gasteiger partial charge on any atom is -0.384 e. The molecule has 0 aromatic heterocycles. The molecule has 1 saturated heterocycles. The normalized spacial score (nSPS) is 18.8. The topological polar surface area (TPSA) is 55.6 Å². The third kappa shape index (κ3) is 6.35. The van der Waals surface area contributed by atoms with Gasteiger partial charge in [0.05, 0.1) is 0 Å². The molecule has 1 aliphatic heterocycles. The van der Waals surface area contributed by atoms with Gasteiger partial charge in [0, 0.05) is 33.2 Å². The molecule has 0 bridgehead atoms. The molecule has 1 aliphatic rings. The summed E-state index contributed by atoms with van der Waals surface area (Å²) in [7, 11) is 1.75. The number of nitrogens with zero attached hydrogens (tertiary/aromatic N) is 1. The van der Waals surface area contributed by atoms with Crippen molar-refractivity contribution >= 4 is 5.91 Å². The van der Waals surface area contributed by atoms with Gasteiger partial charge >= 0.3 is 0 Å². The Morgan fingerprint density at radius 2 is 1.90 bits per heavy atom. The smallest absolute Gasteiger partial charge is 0.222 e. The molecule has 0 aromatic rings. The highest BCUT2D eigenvalue weighted by atomic mass is 16.5. The van der Waals surface area contributed by atoms with Gasteiger partial charge in [0.25, 0.3) is 0 Å². The first kappa shape index (κ1) is 18.4. The highest BCUT2D eigenvalue weighted by molar-refractivity contribution is 5.76. The molecule has 1 fully saturated rings. The first-order valence-electron chi connectivity index (χ1n) is 8.35. The van der Waals surface area contributed by atoms with Gasteiger partial charge in [-0.25, -0.2) is 0 Å². The molecule has 0 aromatic carbocycles. The van der Waals surface area contributed by atoms with E-state index in [0.29, 0.717) is 30.7 Å². The van der Waals surface area contributed by atoms with Gasteiger partial charge in [-0.15, -0.1) is 0 Å². The standard InChI is InChI=1S/C17H34N2O2/c1-17(2,3)15(7-10-18)5-6-16(20)19-11-8-14(9-12-19)13-21-4/h14-15H,5-13,18H2,1-4H3. The molecule has 124 valence electrons. The monoisotopic (exact) mass is 298 g/mol. The minimum absolute atomic E-state index is 0.227. The number of carbonyl (C=O) groups excluding carboxylic acids is 1. The molecule has 4 heteroatoms. The Balaban J connectivity index is 2.36. The Hall–Kier alpha value is -0.610. The van der Waals surface area contributed by atoms with Crippen molar-refractivity contribution in [2.24, 2.45) is 23.0 Å². The molecule has 4 nitrogen and oxygen atoms in total. The summed E-state index contributed by atoms with van der Waals surface area (Å²) < 4.78 is 5.21. The first-order chi connectivity index (χ1) is 9.88. The molecule has 0 radical (unpaired) electrons. The van der Waals surface area contributed by atoms with Crippen LogP contribution >= 0.6 is 0 Å². The fourth-order valence-electron chi connectivity index (χ4n) is 3.25. The second-order valence-corrected chi connectivity index (χ2v) is 7.46. The molecule has 1 heterocycles. The van der Waals surface area contributed by atoms with Crippen molar-refractivity contribution in [2.45, 2.75) is 52.9 Å². The van der Waals surface area contributed by atoms with Crippen molar-refractivity contribution < 1.29 is 9.53 Å². The average Bonchev–Trinajstić information content (AvgIpc) is 2.43. The highest BCUT2D eigenvalue weighted by Gasteiger charge is 2.27. The number of ether oxygens (including phenoxy) is 1. The molecular formula is C17H34N2O2. The molecule has 0 spiro atoms. The van der Waals surface area contributed by atoms with E-state index < -0.39 is 0 Å². The summed E-state index contributed by atoms with van der Waals surface area (Å²) in [6, 6.07) is 0. The summed E-state index contributed by atoms with van der Waals surface area (Å²) in [6.07, 6.45) is 4.78. The lowest BCUT2D eigenvalue weighted by Crippen LogP contribution is -2.39. The van der Waals surface area contributed by atoms with Crippen LogP contribution in [0.5, 0.6) is 0 Å². The Labute approximate surface area is 130 Å². The van der Waals surface area contributed by atoms with Gasteiger partial charge in [-0.3, -0.25) is 4.79 Å². The van der Waals surface area contributed by atoms with Gasteiger partial charge in [-0.2, -0.15) is 0 Å². The number of nitrogens with two attached hydrogens (primary N) is 1. The lowest BCUT2D eigenvalue weighted by atomic mass is 9.76. The maximum absolute atomic E-state index is 12.4. The largest absolute Gasteiger partial charge is 0.384 e. The Morgan fingerprint density at radius 1 is 1.29 bits per heavy atom. The summed E-state index contributed by atoms with van der Waals surface area (Å²) in [4.78, 5) is 14.4. The van der Waals surface area contributed by atoms with Crippen molar-refractivity contribution in [3.05, 3.63) is 0 Å². The van der Waals surface area contributed by atoms with Crippen molar-refractivity contribution in [1.82, 2.24) is 4.90 Å². The van der Waals surface area contributed by atoms with Crippen LogP contribution in [0.3, 0.4) is 0 Å². The minimum atomic E-state index is 0.227. The van der Waals surface area contributed by atoms with Gasteiger partial charge in [0.1, 0.15) is 0 Å². The fraction of sp³-hybridized carbons (Fsp3) is 0.941. The van der Waals surface area contributed by atoms with Crippen LogP contribution in [0, 0.1) is 17.3 Å². The van der Waals surface area contributed by atoms with Crippen molar-refractivity contribution in [3.63, 3.8) is 0 Å². The van der Waals surface area contributed by atoms with E-state index in [1.807, 2.05) is 4.90 Å². The van der Waals surface area contributed by atoms with Gasteiger partial charge in [0.15, 0.2) is 0 Å². The number of carbonyl (C=O) groups is 1. The number of rotatable bonds is 7. The van der Waals surface area contributed by atoms with E-state index in [9.17, 15) is 4.79 Å². The van der Waals surface area contributed by atoms with Crippen LogP contribution in [-0.2, 0) is 9.53 Å². The molecule has 21 heavy (non-hydrogen) atoms. The Bertz CT molecular complexity index is 304. The van der Waals surface area contributed by atoms with Crippen LogP contribution in [0.4, 0.5) is 0 Å². The van der Waals surface area contributed by atoms with E-state index in [-0.39, 0.29) is 5.41 Å². The number of likely N-dealkylation sites (tertiary alicyclic amines) is 1. The molecule has 1 amide bonds. The molecule has 0 aliphatic carbocycles. The van der Waals surface area contributed by atoms with Crippen LogP contribution in [-0.4, -0.2) is 44.2 Å². The van der Waals surface area contributed by atoms with Crippen LogP contribution in [0.2, 0.25) is 0 Å². The van der Waals surface area contributed by atoms with Gasteiger partial charge in [-0.1, -0.05) is 20.8 Å². The predicted octanol–water partition coefficient (Wildman–Crippen LogP) is 2.66. The summed E-state index contributed by atoms with van der Waals surface area (Å²) >= 11 is 0. The van der Waals surface area contributed by atoms with E-state index in [2.05, 4.69) is 20.8 Å². The number of methoxy groups -OCH3 is 1. The zero-order valence-corrected chi connectivity index (χ0v) is 14.4. The highest BCUT2D eigenvalue weighted by Crippen LogP contribution is 2.32. The molecular weight excluding hydrogens is 264 g/mol. The maximum atomic E-state index is 12.4. The first-order valence-corrected chi connectivity index (χ1v) is 8.35. The summed E-state index contributed by atoms with van der Waals surface area (Å²) in [5.74, 6) is 1.47. The molecule has 0 saturated carbocycles. The number of hydrogen-bond donors (Lipinski definition) is 1. The van der Waals surface area contributed by atoms with Crippen LogP contribution in [0.1, 0.15) is 52.9 Å². The Morgan fingerprint density at radius 3 is 2.38 bits per heavy atom. The maximum Gasteiger partial charge on any atom is 0.222 e.